The summed E-state index contributed by atoms with van der Waals surface area (Å²) in [5.41, 5.74) is 0. The number of H-pyrrole nitrogens is 1. The Labute approximate surface area is 106 Å². The first-order chi connectivity index (χ1) is 7.84. The fraction of sp³-hybridized carbons (Fsp3) is 0.769. The monoisotopic (exact) mass is 284 g/mol. The molecule has 0 saturated heterocycles. The van der Waals surface area contributed by atoms with Crippen molar-refractivity contribution >= 4 is 15.9 Å². The normalized spacial score (nSPS) is 20.6. The zero-order valence-corrected chi connectivity index (χ0v) is 11.4. The Balaban J connectivity index is 1.75. The molecule has 1 atom stereocenters. The predicted octanol–water partition coefficient (Wildman–Crippen LogP) is 4.08. The second-order valence-corrected chi connectivity index (χ2v) is 6.23. The summed E-state index contributed by atoms with van der Waals surface area (Å²) >= 11 is 3.80. The first-order valence-electron chi connectivity index (χ1n) is 6.47. The summed E-state index contributed by atoms with van der Waals surface area (Å²) < 4.78 is 0. The summed E-state index contributed by atoms with van der Waals surface area (Å²) in [6, 6.07) is 0. The number of imidazole rings is 1. The van der Waals surface area contributed by atoms with E-state index in [1.165, 1.54) is 44.9 Å². The molecule has 1 N–H and O–H groups in total. The van der Waals surface area contributed by atoms with Crippen LogP contribution in [0.15, 0.2) is 12.4 Å². The van der Waals surface area contributed by atoms with Crippen molar-refractivity contribution < 1.29 is 0 Å². The largest absolute Gasteiger partial charge is 0.349 e. The van der Waals surface area contributed by atoms with Gasteiger partial charge in [-0.3, -0.25) is 0 Å². The lowest BCUT2D eigenvalue weighted by atomic mass is 9.94. The van der Waals surface area contributed by atoms with E-state index in [2.05, 4.69) is 25.9 Å². The Morgan fingerprint density at radius 3 is 2.69 bits per heavy atom. The molecule has 1 aliphatic carbocycles. The van der Waals surface area contributed by atoms with E-state index in [9.17, 15) is 0 Å². The van der Waals surface area contributed by atoms with Gasteiger partial charge in [0.25, 0.3) is 0 Å². The number of nitrogens with one attached hydrogen (secondary N) is 1. The highest BCUT2D eigenvalue weighted by Gasteiger charge is 2.17. The summed E-state index contributed by atoms with van der Waals surface area (Å²) in [4.78, 5) is 8.04. The Kier molecular flexibility index (Phi) is 4.89. The lowest BCUT2D eigenvalue weighted by Crippen LogP contribution is -2.11. The molecule has 1 heterocycles. The third-order valence-electron chi connectivity index (χ3n) is 3.53. The molecule has 1 unspecified atom stereocenters. The van der Waals surface area contributed by atoms with Crippen molar-refractivity contribution in [2.75, 3.05) is 0 Å². The minimum atomic E-state index is 0.585. The molecule has 0 amide bonds. The summed E-state index contributed by atoms with van der Waals surface area (Å²) in [5.74, 6) is 2.04. The Hall–Kier alpha value is -0.310. The van der Waals surface area contributed by atoms with Gasteiger partial charge in [0.05, 0.1) is 0 Å². The number of aromatic nitrogens is 2. The predicted molar refractivity (Wildman–Crippen MR) is 70.8 cm³/mol. The molecule has 16 heavy (non-hydrogen) atoms. The van der Waals surface area contributed by atoms with E-state index in [1.54, 1.807) is 0 Å². The van der Waals surface area contributed by atoms with Gasteiger partial charge in [0.15, 0.2) is 0 Å². The molecule has 0 radical (unpaired) electrons. The molecule has 0 spiro atoms. The summed E-state index contributed by atoms with van der Waals surface area (Å²) in [7, 11) is 0. The minimum absolute atomic E-state index is 0.585. The van der Waals surface area contributed by atoms with Crippen molar-refractivity contribution in [3.05, 3.63) is 18.2 Å². The summed E-state index contributed by atoms with van der Waals surface area (Å²) in [6.45, 7) is 0. The lowest BCUT2D eigenvalue weighted by Gasteiger charge is -2.17. The second kappa shape index (κ2) is 6.43. The van der Waals surface area contributed by atoms with Crippen LogP contribution in [-0.2, 0) is 6.42 Å². The maximum atomic E-state index is 4.28. The summed E-state index contributed by atoms with van der Waals surface area (Å²) in [6.07, 6.45) is 14.7. The van der Waals surface area contributed by atoms with Crippen LogP contribution < -0.4 is 0 Å². The maximum absolute atomic E-state index is 4.28. The van der Waals surface area contributed by atoms with Crippen LogP contribution in [0.4, 0.5) is 0 Å². The Morgan fingerprint density at radius 1 is 1.31 bits per heavy atom. The van der Waals surface area contributed by atoms with Crippen molar-refractivity contribution in [1.82, 2.24) is 9.97 Å². The van der Waals surface area contributed by atoms with Crippen LogP contribution in [0.25, 0.3) is 0 Å². The van der Waals surface area contributed by atoms with Crippen LogP contribution in [0.5, 0.6) is 0 Å². The molecule has 0 aromatic carbocycles. The molecule has 0 aliphatic heterocycles. The first-order valence-corrected chi connectivity index (χ1v) is 7.38. The smallest absolute Gasteiger partial charge is 0.107 e. The number of aromatic amines is 1. The van der Waals surface area contributed by atoms with Crippen LogP contribution in [0.1, 0.15) is 50.8 Å². The van der Waals surface area contributed by atoms with Crippen LogP contribution >= 0.6 is 15.9 Å². The lowest BCUT2D eigenvalue weighted by molar-refractivity contribution is 0.422. The van der Waals surface area contributed by atoms with Gasteiger partial charge in [-0.15, -0.1) is 0 Å². The van der Waals surface area contributed by atoms with Gasteiger partial charge >= 0.3 is 0 Å². The molecule has 0 bridgehead atoms. The van der Waals surface area contributed by atoms with Gasteiger partial charge in [0.2, 0.25) is 0 Å². The van der Waals surface area contributed by atoms with E-state index in [1.807, 2.05) is 12.4 Å². The zero-order valence-electron chi connectivity index (χ0n) is 9.79. The van der Waals surface area contributed by atoms with Crippen molar-refractivity contribution in [2.45, 2.75) is 56.2 Å². The van der Waals surface area contributed by atoms with E-state index in [-0.39, 0.29) is 0 Å². The molecular formula is C13H21BrN2. The maximum Gasteiger partial charge on any atom is 0.107 e. The van der Waals surface area contributed by atoms with Crippen LogP contribution in [0.2, 0.25) is 0 Å². The zero-order chi connectivity index (χ0) is 11.2. The number of hydrogen-bond donors (Lipinski definition) is 1. The van der Waals surface area contributed by atoms with Gasteiger partial charge in [0.1, 0.15) is 5.82 Å². The van der Waals surface area contributed by atoms with E-state index >= 15 is 0 Å². The van der Waals surface area contributed by atoms with Crippen LogP contribution in [0, 0.1) is 5.92 Å². The standard InChI is InChI=1S/C13H21BrN2/c14-12(10-13-15-7-8-16-13)9-11-5-3-1-2-4-6-11/h7-8,11-12H,1-6,9-10H2,(H,15,16). The van der Waals surface area contributed by atoms with E-state index < -0.39 is 0 Å². The third kappa shape index (κ3) is 3.93. The van der Waals surface area contributed by atoms with Crippen molar-refractivity contribution in [3.63, 3.8) is 0 Å². The van der Waals surface area contributed by atoms with Crippen LogP contribution in [0.3, 0.4) is 0 Å². The summed E-state index contributed by atoms with van der Waals surface area (Å²) in [5, 5.41) is 0. The first kappa shape index (κ1) is 12.2. The van der Waals surface area contributed by atoms with Gasteiger partial charge in [-0.05, 0) is 12.3 Å². The van der Waals surface area contributed by atoms with E-state index in [0.29, 0.717) is 4.83 Å². The number of hydrogen-bond acceptors (Lipinski definition) is 1. The average molecular weight is 285 g/mol. The average Bonchev–Trinajstić information content (AvgIpc) is 2.62. The fourth-order valence-electron chi connectivity index (χ4n) is 2.66. The molecule has 2 nitrogen and oxygen atoms in total. The molecule has 1 aromatic heterocycles. The molecule has 1 fully saturated rings. The molecule has 1 aromatic rings. The number of rotatable bonds is 4. The van der Waals surface area contributed by atoms with Crippen molar-refractivity contribution in [3.8, 4) is 0 Å². The number of halogens is 1. The number of nitrogens with zero attached hydrogens (tertiary/aromatic N) is 1. The van der Waals surface area contributed by atoms with Crippen LogP contribution in [-0.4, -0.2) is 14.8 Å². The molecule has 2 rings (SSSR count). The Bertz CT molecular complexity index is 276. The molecule has 1 saturated carbocycles. The van der Waals surface area contributed by atoms with Gasteiger partial charge in [0, 0.05) is 23.6 Å². The quantitative estimate of drug-likeness (QED) is 0.655. The van der Waals surface area contributed by atoms with Gasteiger partial charge in [-0.1, -0.05) is 54.5 Å². The molecular weight excluding hydrogens is 264 g/mol. The topological polar surface area (TPSA) is 28.7 Å². The number of alkyl halides is 1. The SMILES string of the molecule is BrC(Cc1ncc[nH]1)CC1CCCCCC1. The van der Waals surface area contributed by atoms with E-state index in [4.69, 9.17) is 0 Å². The second-order valence-electron chi connectivity index (χ2n) is 4.93. The Morgan fingerprint density at radius 2 is 2.06 bits per heavy atom. The van der Waals surface area contributed by atoms with Crippen molar-refractivity contribution in [2.24, 2.45) is 5.92 Å². The van der Waals surface area contributed by atoms with Crippen molar-refractivity contribution in [1.29, 1.82) is 0 Å². The van der Waals surface area contributed by atoms with Gasteiger partial charge < -0.3 is 4.98 Å². The highest BCUT2D eigenvalue weighted by atomic mass is 79.9. The van der Waals surface area contributed by atoms with Gasteiger partial charge in [-0.25, -0.2) is 4.98 Å². The highest BCUT2D eigenvalue weighted by Crippen LogP contribution is 2.29. The molecule has 90 valence electrons. The fourth-order valence-corrected chi connectivity index (χ4v) is 3.50. The minimum Gasteiger partial charge on any atom is -0.349 e. The third-order valence-corrected chi connectivity index (χ3v) is 4.23. The highest BCUT2D eigenvalue weighted by molar-refractivity contribution is 9.09. The van der Waals surface area contributed by atoms with Gasteiger partial charge in [-0.2, -0.15) is 0 Å². The molecule has 1 aliphatic rings. The van der Waals surface area contributed by atoms with E-state index in [0.717, 1.165) is 18.2 Å². The molecule has 3 heteroatoms.